The summed E-state index contributed by atoms with van der Waals surface area (Å²) in [6.45, 7) is 24.8. The Labute approximate surface area is 314 Å². The zero-order valence-corrected chi connectivity index (χ0v) is 33.5. The SMILES string of the molecule is C=C(NC(C(=O)N[C@@H](C(=O)N1CC2(C[C@H]1C(=O)N[C@H](CC1CCC1)C(=C)O)C(C)(C)C21CCC1)C(C)(C)C)C1CCCCC1)[C@H]1CCCN(CC)C1. The lowest BCUT2D eigenvalue weighted by Gasteiger charge is -2.39. The first kappa shape index (κ1) is 39.2. The van der Waals surface area contributed by atoms with E-state index in [1.165, 1.54) is 19.3 Å². The highest BCUT2D eigenvalue weighted by atomic mass is 16.3. The van der Waals surface area contributed by atoms with Gasteiger partial charge in [0, 0.05) is 30.1 Å². The highest BCUT2D eigenvalue weighted by Crippen LogP contribution is 2.88. The van der Waals surface area contributed by atoms with Crippen molar-refractivity contribution >= 4 is 17.7 Å². The predicted molar refractivity (Wildman–Crippen MR) is 207 cm³/mol. The van der Waals surface area contributed by atoms with Gasteiger partial charge in [-0.05, 0) is 92.5 Å². The molecule has 6 atom stereocenters. The fourth-order valence-corrected chi connectivity index (χ4v) is 11.5. The average Bonchev–Trinajstić information content (AvgIpc) is 3.28. The van der Waals surface area contributed by atoms with Crippen LogP contribution in [0, 0.1) is 39.4 Å². The Bertz CT molecular complexity index is 1370. The van der Waals surface area contributed by atoms with Crippen molar-refractivity contribution in [2.45, 2.75) is 162 Å². The summed E-state index contributed by atoms with van der Waals surface area (Å²) in [4.78, 5) is 48.4. The Kier molecular flexibility index (Phi) is 11.2. The molecule has 6 rings (SSSR count). The summed E-state index contributed by atoms with van der Waals surface area (Å²) in [5.74, 6) is 0.369. The van der Waals surface area contributed by atoms with Crippen LogP contribution < -0.4 is 16.0 Å². The van der Waals surface area contributed by atoms with Crippen LogP contribution in [-0.2, 0) is 14.4 Å². The van der Waals surface area contributed by atoms with Crippen LogP contribution in [0.2, 0.25) is 0 Å². The van der Waals surface area contributed by atoms with Crippen LogP contribution in [0.15, 0.2) is 24.6 Å². The molecule has 4 N–H and O–H groups in total. The molecule has 0 bridgehead atoms. The third-order valence-electron chi connectivity index (χ3n) is 15.5. The van der Waals surface area contributed by atoms with E-state index in [1.807, 2.05) is 25.7 Å². The predicted octanol–water partition coefficient (Wildman–Crippen LogP) is 6.85. The van der Waals surface area contributed by atoms with Crippen molar-refractivity contribution in [3.05, 3.63) is 24.6 Å². The summed E-state index contributed by atoms with van der Waals surface area (Å²) in [5.41, 5.74) is 0.355. The van der Waals surface area contributed by atoms with Gasteiger partial charge in [0.25, 0.3) is 0 Å². The molecule has 0 aromatic heterocycles. The number of carbonyl (C=O) groups excluding carboxylic acids is 3. The van der Waals surface area contributed by atoms with Crippen LogP contribution in [0.5, 0.6) is 0 Å². The number of fused-ring (bicyclic) bond motifs is 1. The van der Waals surface area contributed by atoms with Crippen LogP contribution in [-0.4, -0.2) is 83.0 Å². The molecule has 52 heavy (non-hydrogen) atoms. The molecule has 9 nitrogen and oxygen atoms in total. The van der Waals surface area contributed by atoms with Crippen molar-refractivity contribution in [2.24, 2.45) is 39.4 Å². The van der Waals surface area contributed by atoms with Crippen LogP contribution >= 0.6 is 0 Å². The van der Waals surface area contributed by atoms with Crippen molar-refractivity contribution in [1.29, 1.82) is 0 Å². The molecule has 2 unspecified atom stereocenters. The van der Waals surface area contributed by atoms with E-state index in [2.05, 4.69) is 54.8 Å². The number of amides is 3. The van der Waals surface area contributed by atoms with E-state index in [0.29, 0.717) is 25.3 Å². The second-order valence-electron chi connectivity index (χ2n) is 19.5. The normalized spacial score (nSPS) is 30.5. The Hall–Kier alpha value is -2.55. The minimum absolute atomic E-state index is 0.0149. The highest BCUT2D eigenvalue weighted by Gasteiger charge is 2.85. The van der Waals surface area contributed by atoms with Gasteiger partial charge in [0.15, 0.2) is 0 Å². The Morgan fingerprint density at radius 2 is 1.58 bits per heavy atom. The summed E-state index contributed by atoms with van der Waals surface area (Å²) in [6, 6.07) is -2.47. The molecule has 0 radical (unpaired) electrons. The zero-order valence-electron chi connectivity index (χ0n) is 33.5. The second-order valence-corrected chi connectivity index (χ2v) is 19.5. The summed E-state index contributed by atoms with van der Waals surface area (Å²) in [5, 5.41) is 20.7. The number of nitrogens with one attached hydrogen (secondary N) is 3. The number of piperidine rings is 1. The maximum absolute atomic E-state index is 15.1. The van der Waals surface area contributed by atoms with E-state index in [1.54, 1.807) is 0 Å². The number of carbonyl (C=O) groups is 3. The van der Waals surface area contributed by atoms with E-state index in [-0.39, 0.29) is 51.6 Å². The van der Waals surface area contributed by atoms with Gasteiger partial charge in [-0.2, -0.15) is 0 Å². The van der Waals surface area contributed by atoms with E-state index in [9.17, 15) is 14.7 Å². The first-order chi connectivity index (χ1) is 24.5. The van der Waals surface area contributed by atoms with Gasteiger partial charge in [-0.1, -0.05) is 99.6 Å². The van der Waals surface area contributed by atoms with Crippen molar-refractivity contribution in [3.8, 4) is 0 Å². The molecular weight excluding hydrogens is 651 g/mol. The topological polar surface area (TPSA) is 114 Å². The first-order valence-electron chi connectivity index (χ1n) is 21.0. The van der Waals surface area contributed by atoms with Crippen LogP contribution in [0.4, 0.5) is 0 Å². The number of hydrogen-bond acceptors (Lipinski definition) is 6. The molecule has 0 aromatic rings. The molecule has 2 aliphatic heterocycles. The lowest BCUT2D eigenvalue weighted by atomic mass is 9.73. The van der Waals surface area contributed by atoms with Crippen LogP contribution in [0.1, 0.15) is 138 Å². The Morgan fingerprint density at radius 1 is 0.885 bits per heavy atom. The smallest absolute Gasteiger partial charge is 0.246 e. The van der Waals surface area contributed by atoms with Gasteiger partial charge in [0.1, 0.15) is 23.9 Å². The third-order valence-corrected chi connectivity index (χ3v) is 15.5. The molecule has 292 valence electrons. The lowest BCUT2D eigenvalue weighted by molar-refractivity contribution is -0.144. The van der Waals surface area contributed by atoms with E-state index in [4.69, 9.17) is 0 Å². The third kappa shape index (κ3) is 7.06. The van der Waals surface area contributed by atoms with Crippen molar-refractivity contribution in [1.82, 2.24) is 25.8 Å². The lowest BCUT2D eigenvalue weighted by Crippen LogP contribution is -2.61. The summed E-state index contributed by atoms with van der Waals surface area (Å²) < 4.78 is 0. The van der Waals surface area contributed by atoms with E-state index in [0.717, 1.165) is 89.5 Å². The minimum Gasteiger partial charge on any atom is -0.511 e. The maximum Gasteiger partial charge on any atom is 0.246 e. The average molecular weight is 722 g/mol. The first-order valence-corrected chi connectivity index (χ1v) is 21.0. The number of aliphatic hydroxyl groups is 1. The van der Waals surface area contributed by atoms with Crippen LogP contribution in [0.3, 0.4) is 0 Å². The number of aliphatic hydroxyl groups excluding tert-OH is 1. The number of likely N-dealkylation sites (tertiary alicyclic amines) is 2. The number of nitrogens with zero attached hydrogens (tertiary/aromatic N) is 2. The van der Waals surface area contributed by atoms with Gasteiger partial charge in [0.05, 0.1) is 6.04 Å². The number of hydrogen-bond donors (Lipinski definition) is 4. The fourth-order valence-electron chi connectivity index (χ4n) is 11.5. The molecule has 0 aromatic carbocycles. The quantitative estimate of drug-likeness (QED) is 0.155. The summed E-state index contributed by atoms with van der Waals surface area (Å²) in [7, 11) is 0. The molecule has 4 aliphatic carbocycles. The molecule has 3 amide bonds. The maximum atomic E-state index is 15.1. The van der Waals surface area contributed by atoms with Crippen molar-refractivity contribution < 1.29 is 19.5 Å². The second kappa shape index (κ2) is 14.9. The van der Waals surface area contributed by atoms with Crippen LogP contribution in [0.25, 0.3) is 0 Å². The molecule has 9 heteroatoms. The largest absolute Gasteiger partial charge is 0.511 e. The highest BCUT2D eigenvalue weighted by molar-refractivity contribution is 5.94. The Balaban J connectivity index is 1.24. The number of rotatable bonds is 13. The molecule has 2 saturated heterocycles. The molecule has 4 saturated carbocycles. The fraction of sp³-hybridized carbons (Fsp3) is 0.837. The summed E-state index contributed by atoms with van der Waals surface area (Å²) >= 11 is 0. The standard InChI is InChI=1S/C43H71N5O4/c1-9-47-23-14-20-32(26-47)28(2)44-35(31-18-11-10-12-19-31)38(51)46-36(40(4,5)6)39(52)48-27-43(41(7,8)42(43)21-15-22-42)25-34(48)37(50)45-33(29(3)49)24-30-16-13-17-30/h30-36,44,49H,2-3,9-27H2,1,4-8H3,(H,45,50)(H,46,51)/t32-,33+,34-,35?,36-,43?/m0/s1. The van der Waals surface area contributed by atoms with Gasteiger partial charge >= 0.3 is 0 Å². The molecular formula is C43H71N5O4. The molecule has 2 heterocycles. The summed E-state index contributed by atoms with van der Waals surface area (Å²) in [6.07, 6.45) is 15.6. The molecule has 6 aliphatic rings. The van der Waals surface area contributed by atoms with Gasteiger partial charge < -0.3 is 30.9 Å². The van der Waals surface area contributed by atoms with E-state index >= 15 is 4.79 Å². The molecule has 2 spiro atoms. The van der Waals surface area contributed by atoms with Gasteiger partial charge in [-0.25, -0.2) is 0 Å². The monoisotopic (exact) mass is 722 g/mol. The van der Waals surface area contributed by atoms with Crippen molar-refractivity contribution in [3.63, 3.8) is 0 Å². The van der Waals surface area contributed by atoms with Gasteiger partial charge in [-0.3, -0.25) is 14.4 Å². The zero-order chi connectivity index (χ0) is 37.6. The van der Waals surface area contributed by atoms with E-state index < -0.39 is 29.6 Å². The minimum atomic E-state index is -0.811. The molecule has 6 fully saturated rings. The Morgan fingerprint density at radius 3 is 2.12 bits per heavy atom. The van der Waals surface area contributed by atoms with Crippen molar-refractivity contribution in [2.75, 3.05) is 26.2 Å². The van der Waals surface area contributed by atoms with Gasteiger partial charge in [0.2, 0.25) is 17.7 Å². The van der Waals surface area contributed by atoms with Gasteiger partial charge in [-0.15, -0.1) is 0 Å².